The Hall–Kier alpha value is -3.47. The lowest BCUT2D eigenvalue weighted by atomic mass is 10.0. The second kappa shape index (κ2) is 11.4. The Bertz CT molecular complexity index is 1060. The maximum absolute atomic E-state index is 14.5. The predicted molar refractivity (Wildman–Crippen MR) is 129 cm³/mol. The van der Waals surface area contributed by atoms with Crippen LogP contribution in [0.15, 0.2) is 78.9 Å². The van der Waals surface area contributed by atoms with Crippen molar-refractivity contribution >= 4 is 11.8 Å². The fraction of sp³-hybridized carbons (Fsp3) is 0.286. The van der Waals surface area contributed by atoms with Gasteiger partial charge in [-0.1, -0.05) is 78.4 Å². The van der Waals surface area contributed by atoms with Crippen molar-refractivity contribution in [1.82, 2.24) is 10.2 Å². The number of nitrogens with one attached hydrogen (secondary N) is 1. The minimum absolute atomic E-state index is 0.0143. The van der Waals surface area contributed by atoms with Gasteiger partial charge in [0.25, 0.3) is 0 Å². The molecule has 2 amide bonds. The van der Waals surface area contributed by atoms with Crippen molar-refractivity contribution in [1.29, 1.82) is 0 Å². The smallest absolute Gasteiger partial charge is 0.243 e. The molecule has 0 aromatic heterocycles. The van der Waals surface area contributed by atoms with E-state index in [2.05, 4.69) is 5.32 Å². The number of amides is 2. The van der Waals surface area contributed by atoms with Crippen molar-refractivity contribution in [2.45, 2.75) is 52.2 Å². The molecule has 0 unspecified atom stereocenters. The maximum Gasteiger partial charge on any atom is 0.243 e. The van der Waals surface area contributed by atoms with Crippen LogP contribution in [0.3, 0.4) is 0 Å². The van der Waals surface area contributed by atoms with E-state index in [4.69, 9.17) is 0 Å². The van der Waals surface area contributed by atoms with Crippen LogP contribution in [0.2, 0.25) is 0 Å². The van der Waals surface area contributed by atoms with Gasteiger partial charge in [0.1, 0.15) is 11.9 Å². The van der Waals surface area contributed by atoms with Gasteiger partial charge in [-0.3, -0.25) is 9.59 Å². The van der Waals surface area contributed by atoms with Crippen LogP contribution in [0.1, 0.15) is 36.1 Å². The van der Waals surface area contributed by atoms with Gasteiger partial charge in [0.15, 0.2) is 0 Å². The molecule has 1 N–H and O–H groups in total. The lowest BCUT2D eigenvalue weighted by Crippen LogP contribution is -2.52. The molecule has 1 atom stereocenters. The lowest BCUT2D eigenvalue weighted by Gasteiger charge is -2.32. The maximum atomic E-state index is 14.5. The summed E-state index contributed by atoms with van der Waals surface area (Å²) in [6.07, 6.45) is 0.475. The predicted octanol–water partition coefficient (Wildman–Crippen LogP) is 4.84. The summed E-state index contributed by atoms with van der Waals surface area (Å²) in [5.74, 6) is -0.863. The second-order valence-corrected chi connectivity index (χ2v) is 8.64. The molecular formula is C28H31FN2O2. The van der Waals surface area contributed by atoms with E-state index in [1.807, 2.05) is 75.4 Å². The molecule has 3 rings (SSSR count). The van der Waals surface area contributed by atoms with Crippen LogP contribution in [-0.2, 0) is 29.0 Å². The third-order valence-corrected chi connectivity index (χ3v) is 5.48. The summed E-state index contributed by atoms with van der Waals surface area (Å²) in [7, 11) is 0. The summed E-state index contributed by atoms with van der Waals surface area (Å²) in [6.45, 7) is 5.77. The molecule has 33 heavy (non-hydrogen) atoms. The van der Waals surface area contributed by atoms with E-state index in [0.717, 1.165) is 16.7 Å². The fourth-order valence-electron chi connectivity index (χ4n) is 3.73. The SMILES string of the molecule is Cc1ccc(CC(=O)N(Cc2ccccc2F)[C@H](Cc2ccccc2)C(=O)NC(C)C)cc1. The normalized spacial score (nSPS) is 11.8. The summed E-state index contributed by atoms with van der Waals surface area (Å²) in [4.78, 5) is 28.4. The minimum Gasteiger partial charge on any atom is -0.352 e. The molecule has 0 bridgehead atoms. The monoisotopic (exact) mass is 446 g/mol. The Balaban J connectivity index is 1.97. The van der Waals surface area contributed by atoms with E-state index < -0.39 is 11.9 Å². The first kappa shape index (κ1) is 24.2. The third kappa shape index (κ3) is 7.01. The average Bonchev–Trinajstić information content (AvgIpc) is 2.79. The molecule has 0 aliphatic rings. The average molecular weight is 447 g/mol. The van der Waals surface area contributed by atoms with Crippen LogP contribution in [-0.4, -0.2) is 28.8 Å². The zero-order valence-corrected chi connectivity index (χ0v) is 19.4. The first-order valence-electron chi connectivity index (χ1n) is 11.3. The van der Waals surface area contributed by atoms with Crippen molar-refractivity contribution in [2.24, 2.45) is 0 Å². The number of rotatable bonds is 9. The molecule has 0 heterocycles. The van der Waals surface area contributed by atoms with Gasteiger partial charge < -0.3 is 10.2 Å². The summed E-state index contributed by atoms with van der Waals surface area (Å²) >= 11 is 0. The lowest BCUT2D eigenvalue weighted by molar-refractivity contribution is -0.141. The Morgan fingerprint density at radius 3 is 2.15 bits per heavy atom. The second-order valence-electron chi connectivity index (χ2n) is 8.64. The van der Waals surface area contributed by atoms with E-state index in [-0.39, 0.29) is 30.8 Å². The highest BCUT2D eigenvalue weighted by Crippen LogP contribution is 2.18. The van der Waals surface area contributed by atoms with Gasteiger partial charge >= 0.3 is 0 Å². The quantitative estimate of drug-likeness (QED) is 0.511. The molecule has 172 valence electrons. The molecule has 0 fully saturated rings. The Morgan fingerprint density at radius 2 is 1.52 bits per heavy atom. The Morgan fingerprint density at radius 1 is 0.879 bits per heavy atom. The molecule has 3 aromatic carbocycles. The number of carbonyl (C=O) groups excluding carboxylic acids is 2. The van der Waals surface area contributed by atoms with Gasteiger partial charge in [0.2, 0.25) is 11.8 Å². The molecule has 0 spiro atoms. The number of nitrogens with zero attached hydrogens (tertiary/aromatic N) is 1. The molecule has 5 heteroatoms. The van der Waals surface area contributed by atoms with Crippen LogP contribution in [0, 0.1) is 12.7 Å². The van der Waals surface area contributed by atoms with Gasteiger partial charge in [-0.25, -0.2) is 4.39 Å². The van der Waals surface area contributed by atoms with E-state index in [9.17, 15) is 14.0 Å². The number of halogens is 1. The fourth-order valence-corrected chi connectivity index (χ4v) is 3.73. The number of benzene rings is 3. The molecule has 0 aliphatic carbocycles. The van der Waals surface area contributed by atoms with E-state index >= 15 is 0 Å². The summed E-state index contributed by atoms with van der Waals surface area (Å²) in [5, 5.41) is 2.94. The zero-order valence-electron chi connectivity index (χ0n) is 19.4. The van der Waals surface area contributed by atoms with E-state index in [1.54, 1.807) is 18.2 Å². The number of carbonyl (C=O) groups is 2. The van der Waals surface area contributed by atoms with Crippen LogP contribution in [0.5, 0.6) is 0 Å². The van der Waals surface area contributed by atoms with E-state index in [0.29, 0.717) is 12.0 Å². The molecule has 0 saturated carbocycles. The highest BCUT2D eigenvalue weighted by Gasteiger charge is 2.31. The summed E-state index contributed by atoms with van der Waals surface area (Å²) in [6, 6.07) is 22.8. The standard InChI is InChI=1S/C28H31FN2O2/c1-20(2)30-28(33)26(17-22-9-5-4-6-10-22)31(19-24-11-7-8-12-25(24)29)27(32)18-23-15-13-21(3)14-16-23/h4-16,20,26H,17-19H2,1-3H3,(H,30,33)/t26-/m1/s1. The Kier molecular flexibility index (Phi) is 8.36. The van der Waals surface area contributed by atoms with Crippen LogP contribution >= 0.6 is 0 Å². The third-order valence-electron chi connectivity index (χ3n) is 5.48. The largest absolute Gasteiger partial charge is 0.352 e. The summed E-state index contributed by atoms with van der Waals surface area (Å²) < 4.78 is 14.5. The highest BCUT2D eigenvalue weighted by atomic mass is 19.1. The van der Waals surface area contributed by atoms with Crippen LogP contribution in [0.25, 0.3) is 0 Å². The molecule has 0 radical (unpaired) electrons. The first-order chi connectivity index (χ1) is 15.8. The first-order valence-corrected chi connectivity index (χ1v) is 11.3. The molecule has 0 aliphatic heterocycles. The van der Waals surface area contributed by atoms with Crippen molar-refractivity contribution < 1.29 is 14.0 Å². The Labute approximate surface area is 195 Å². The topological polar surface area (TPSA) is 49.4 Å². The molecule has 0 saturated heterocycles. The minimum atomic E-state index is -0.771. The van der Waals surface area contributed by atoms with Gasteiger partial charge in [-0.05, 0) is 38.0 Å². The molecule has 4 nitrogen and oxygen atoms in total. The van der Waals surface area contributed by atoms with Crippen molar-refractivity contribution in [3.63, 3.8) is 0 Å². The molecule has 3 aromatic rings. The van der Waals surface area contributed by atoms with Gasteiger partial charge in [0.05, 0.1) is 6.42 Å². The van der Waals surface area contributed by atoms with Crippen LogP contribution in [0.4, 0.5) is 4.39 Å². The van der Waals surface area contributed by atoms with Gasteiger partial charge in [0, 0.05) is 24.6 Å². The zero-order chi connectivity index (χ0) is 23.8. The van der Waals surface area contributed by atoms with Crippen molar-refractivity contribution in [3.8, 4) is 0 Å². The number of hydrogen-bond donors (Lipinski definition) is 1. The van der Waals surface area contributed by atoms with Crippen molar-refractivity contribution in [2.75, 3.05) is 0 Å². The molecular weight excluding hydrogens is 415 g/mol. The van der Waals surface area contributed by atoms with Gasteiger partial charge in [-0.15, -0.1) is 0 Å². The number of aryl methyl sites for hydroxylation is 1. The van der Waals surface area contributed by atoms with Crippen molar-refractivity contribution in [3.05, 3.63) is 107 Å². The number of hydrogen-bond acceptors (Lipinski definition) is 2. The highest BCUT2D eigenvalue weighted by molar-refractivity contribution is 5.89. The van der Waals surface area contributed by atoms with Crippen LogP contribution < -0.4 is 5.32 Å². The summed E-state index contributed by atoms with van der Waals surface area (Å²) in [5.41, 5.74) is 3.27. The van der Waals surface area contributed by atoms with E-state index in [1.165, 1.54) is 11.0 Å². The van der Waals surface area contributed by atoms with Gasteiger partial charge in [-0.2, -0.15) is 0 Å².